The molecule has 30 heavy (non-hydrogen) atoms. The van der Waals surface area contributed by atoms with E-state index in [0.29, 0.717) is 22.3 Å². The van der Waals surface area contributed by atoms with Crippen LogP contribution in [0.5, 0.6) is 5.75 Å². The van der Waals surface area contributed by atoms with E-state index in [1.165, 1.54) is 0 Å². The quantitative estimate of drug-likeness (QED) is 0.417. The number of hydrogen-bond acceptors (Lipinski definition) is 4. The van der Waals surface area contributed by atoms with Gasteiger partial charge in [0, 0.05) is 22.1 Å². The van der Waals surface area contributed by atoms with E-state index in [0.717, 1.165) is 16.5 Å². The molecular weight excluding hydrogens is 376 g/mol. The molecule has 1 aliphatic heterocycles. The van der Waals surface area contributed by atoms with Gasteiger partial charge in [0.05, 0.1) is 11.0 Å². The van der Waals surface area contributed by atoms with E-state index in [-0.39, 0.29) is 11.3 Å². The topological polar surface area (TPSA) is 78.5 Å². The molecule has 0 amide bonds. The average molecular weight is 394 g/mol. The van der Waals surface area contributed by atoms with Crippen molar-refractivity contribution in [1.29, 1.82) is 0 Å². The Bertz CT molecular complexity index is 1460. The van der Waals surface area contributed by atoms with Crippen LogP contribution in [-0.2, 0) is 5.72 Å². The van der Waals surface area contributed by atoms with Crippen molar-refractivity contribution in [3.8, 4) is 17.1 Å². The Morgan fingerprint density at radius 3 is 2.47 bits per heavy atom. The summed E-state index contributed by atoms with van der Waals surface area (Å²) in [6.07, 6.45) is -1.41. The SMILES string of the molecule is Oc1c([C@@H](O)[C@@]2(O)c3ccccc3-c3nc4ccccc4n32)ccc2ccccc12. The largest absolute Gasteiger partial charge is 0.507 e. The second-order valence-corrected chi connectivity index (χ2v) is 7.66. The molecule has 0 spiro atoms. The summed E-state index contributed by atoms with van der Waals surface area (Å²) in [4.78, 5) is 4.71. The van der Waals surface area contributed by atoms with Crippen molar-refractivity contribution in [3.05, 3.63) is 96.1 Å². The molecule has 5 nitrogen and oxygen atoms in total. The Kier molecular flexibility index (Phi) is 3.40. The van der Waals surface area contributed by atoms with Crippen molar-refractivity contribution in [2.45, 2.75) is 11.8 Å². The maximum Gasteiger partial charge on any atom is 0.201 e. The highest BCUT2D eigenvalue weighted by molar-refractivity contribution is 5.90. The van der Waals surface area contributed by atoms with Crippen molar-refractivity contribution in [2.75, 3.05) is 0 Å². The summed E-state index contributed by atoms with van der Waals surface area (Å²) >= 11 is 0. The first-order chi connectivity index (χ1) is 14.6. The second kappa shape index (κ2) is 5.92. The van der Waals surface area contributed by atoms with Gasteiger partial charge in [0.1, 0.15) is 17.7 Å². The lowest BCUT2D eigenvalue weighted by atomic mass is 9.89. The number of aromatic hydroxyl groups is 1. The number of phenols is 1. The molecule has 1 aromatic heterocycles. The van der Waals surface area contributed by atoms with Gasteiger partial charge in [-0.3, -0.25) is 4.57 Å². The van der Waals surface area contributed by atoms with Gasteiger partial charge < -0.3 is 15.3 Å². The molecule has 1 aliphatic rings. The van der Waals surface area contributed by atoms with Gasteiger partial charge in [-0.05, 0) is 17.5 Å². The molecule has 146 valence electrons. The molecule has 0 bridgehead atoms. The fourth-order valence-corrected chi connectivity index (χ4v) is 4.65. The summed E-state index contributed by atoms with van der Waals surface area (Å²) in [6.45, 7) is 0. The summed E-state index contributed by atoms with van der Waals surface area (Å²) in [5.41, 5.74) is 1.20. The van der Waals surface area contributed by atoms with Crippen LogP contribution < -0.4 is 0 Å². The zero-order chi connectivity index (χ0) is 20.5. The van der Waals surface area contributed by atoms with Gasteiger partial charge in [-0.25, -0.2) is 4.98 Å². The number of nitrogens with zero attached hydrogens (tertiary/aromatic N) is 2. The van der Waals surface area contributed by atoms with E-state index in [1.807, 2.05) is 66.7 Å². The van der Waals surface area contributed by atoms with Crippen molar-refractivity contribution in [3.63, 3.8) is 0 Å². The van der Waals surface area contributed by atoms with Crippen molar-refractivity contribution < 1.29 is 15.3 Å². The summed E-state index contributed by atoms with van der Waals surface area (Å²) in [6, 6.07) is 25.8. The fourth-order valence-electron chi connectivity index (χ4n) is 4.65. The van der Waals surface area contributed by atoms with E-state index in [1.54, 1.807) is 22.8 Å². The van der Waals surface area contributed by atoms with Crippen LogP contribution >= 0.6 is 0 Å². The normalized spacial score (nSPS) is 18.5. The molecule has 0 unspecified atom stereocenters. The minimum absolute atomic E-state index is 0.0376. The van der Waals surface area contributed by atoms with Gasteiger partial charge in [-0.15, -0.1) is 0 Å². The zero-order valence-corrected chi connectivity index (χ0v) is 15.9. The molecular formula is C25H18N2O3. The second-order valence-electron chi connectivity index (χ2n) is 7.66. The predicted octanol–water partition coefficient (Wildman–Crippen LogP) is 4.30. The third-order valence-electron chi connectivity index (χ3n) is 6.07. The first-order valence-corrected chi connectivity index (χ1v) is 9.79. The smallest absolute Gasteiger partial charge is 0.201 e. The van der Waals surface area contributed by atoms with Gasteiger partial charge in [0.25, 0.3) is 0 Å². The molecule has 0 fully saturated rings. The first-order valence-electron chi connectivity index (χ1n) is 9.79. The lowest BCUT2D eigenvalue weighted by Crippen LogP contribution is -2.38. The van der Waals surface area contributed by atoms with Crippen molar-refractivity contribution >= 4 is 21.8 Å². The van der Waals surface area contributed by atoms with Crippen LogP contribution in [0.25, 0.3) is 33.2 Å². The molecule has 5 aromatic rings. The van der Waals surface area contributed by atoms with Crippen LogP contribution in [0.3, 0.4) is 0 Å². The number of aromatic nitrogens is 2. The Hall–Kier alpha value is -3.67. The van der Waals surface area contributed by atoms with Gasteiger partial charge in [-0.2, -0.15) is 0 Å². The van der Waals surface area contributed by atoms with Crippen LogP contribution in [0.2, 0.25) is 0 Å². The summed E-state index contributed by atoms with van der Waals surface area (Å²) < 4.78 is 1.67. The van der Waals surface area contributed by atoms with Gasteiger partial charge in [-0.1, -0.05) is 72.8 Å². The summed E-state index contributed by atoms with van der Waals surface area (Å²) in [5, 5.41) is 36.0. The molecule has 2 atom stereocenters. The van der Waals surface area contributed by atoms with Crippen LogP contribution in [-0.4, -0.2) is 24.9 Å². The van der Waals surface area contributed by atoms with E-state index in [2.05, 4.69) is 0 Å². The van der Waals surface area contributed by atoms with E-state index in [9.17, 15) is 15.3 Å². The third kappa shape index (κ3) is 2.05. The van der Waals surface area contributed by atoms with Crippen LogP contribution in [0.4, 0.5) is 0 Å². The highest BCUT2D eigenvalue weighted by atomic mass is 16.4. The number of rotatable bonds is 2. The molecule has 0 radical (unpaired) electrons. The standard InChI is InChI=1S/C25H18N2O3/c28-22-16-8-2-1-7-15(16)13-14-18(22)23(29)25(30)19-10-4-3-9-17(19)24-26-20-11-5-6-12-21(20)27(24)25/h1-14,23,28-30H/t23-,25+/m1/s1. The van der Waals surface area contributed by atoms with E-state index < -0.39 is 11.8 Å². The van der Waals surface area contributed by atoms with Crippen molar-refractivity contribution in [2.24, 2.45) is 0 Å². The highest BCUT2D eigenvalue weighted by Crippen LogP contribution is 2.51. The number of benzene rings is 4. The van der Waals surface area contributed by atoms with Crippen LogP contribution in [0.1, 0.15) is 17.2 Å². The van der Waals surface area contributed by atoms with E-state index >= 15 is 0 Å². The monoisotopic (exact) mass is 394 g/mol. The number of aliphatic hydroxyl groups is 2. The Morgan fingerprint density at radius 2 is 1.57 bits per heavy atom. The maximum atomic E-state index is 12.1. The summed E-state index contributed by atoms with van der Waals surface area (Å²) in [7, 11) is 0. The number of fused-ring (bicyclic) bond motifs is 6. The van der Waals surface area contributed by atoms with Gasteiger partial charge in [0.2, 0.25) is 5.72 Å². The first kappa shape index (κ1) is 17.2. The highest BCUT2D eigenvalue weighted by Gasteiger charge is 2.50. The Labute approximate surface area is 172 Å². The maximum absolute atomic E-state index is 12.1. The fraction of sp³-hybridized carbons (Fsp3) is 0.0800. The van der Waals surface area contributed by atoms with Gasteiger partial charge in [0.15, 0.2) is 0 Å². The molecule has 0 saturated heterocycles. The molecule has 2 heterocycles. The number of phenolic OH excluding ortho intramolecular Hbond substituents is 1. The molecule has 0 saturated carbocycles. The number of hydrogen-bond donors (Lipinski definition) is 3. The minimum Gasteiger partial charge on any atom is -0.507 e. The van der Waals surface area contributed by atoms with Gasteiger partial charge >= 0.3 is 0 Å². The van der Waals surface area contributed by atoms with E-state index in [4.69, 9.17) is 4.98 Å². The average Bonchev–Trinajstić information content (AvgIpc) is 3.29. The third-order valence-corrected chi connectivity index (χ3v) is 6.07. The molecule has 6 rings (SSSR count). The Morgan fingerprint density at radius 1 is 0.833 bits per heavy atom. The number of aliphatic hydroxyl groups excluding tert-OH is 1. The molecule has 4 aromatic carbocycles. The number of para-hydroxylation sites is 2. The van der Waals surface area contributed by atoms with Crippen LogP contribution in [0.15, 0.2) is 84.9 Å². The lowest BCUT2D eigenvalue weighted by Gasteiger charge is -2.33. The summed E-state index contributed by atoms with van der Waals surface area (Å²) in [5.74, 6) is 0.554. The lowest BCUT2D eigenvalue weighted by molar-refractivity contribution is -0.0977. The zero-order valence-electron chi connectivity index (χ0n) is 15.9. The minimum atomic E-state index is -1.82. The number of imidazole rings is 1. The van der Waals surface area contributed by atoms with Crippen LogP contribution in [0, 0.1) is 0 Å². The molecule has 5 heteroatoms. The van der Waals surface area contributed by atoms with Crippen molar-refractivity contribution in [1.82, 2.24) is 9.55 Å². The predicted molar refractivity (Wildman–Crippen MR) is 115 cm³/mol. The Balaban J connectivity index is 1.65. The molecule has 3 N–H and O–H groups in total. The molecule has 0 aliphatic carbocycles.